The van der Waals surface area contributed by atoms with Gasteiger partial charge in [-0.1, -0.05) is 6.42 Å². The molecule has 1 unspecified atom stereocenters. The summed E-state index contributed by atoms with van der Waals surface area (Å²) in [6.07, 6.45) is 4.92. The van der Waals surface area contributed by atoms with Gasteiger partial charge in [-0.25, -0.2) is 4.72 Å². The molecule has 0 aromatic carbocycles. The lowest BCUT2D eigenvalue weighted by Gasteiger charge is -2.35. The maximum atomic E-state index is 12.3. The largest absolute Gasteiger partial charge is 0.395 e. The Labute approximate surface area is 133 Å². The zero-order valence-electron chi connectivity index (χ0n) is 13.4. The molecule has 0 aromatic heterocycles. The number of nitrogens with one attached hydrogen (secondary N) is 1. The van der Waals surface area contributed by atoms with Crippen molar-refractivity contribution < 1.29 is 18.3 Å². The van der Waals surface area contributed by atoms with Crippen molar-refractivity contribution in [1.82, 2.24) is 13.9 Å². The second kappa shape index (κ2) is 8.56. The summed E-state index contributed by atoms with van der Waals surface area (Å²) in [5, 5.41) is 9.37. The van der Waals surface area contributed by atoms with Gasteiger partial charge in [-0.05, 0) is 32.2 Å². The van der Waals surface area contributed by atoms with E-state index < -0.39 is 10.2 Å². The minimum Gasteiger partial charge on any atom is -0.395 e. The van der Waals surface area contributed by atoms with Crippen LogP contribution in [0.3, 0.4) is 0 Å². The molecule has 0 aliphatic carbocycles. The molecule has 1 atom stereocenters. The average Bonchev–Trinajstić information content (AvgIpc) is 2.55. The van der Waals surface area contributed by atoms with Crippen molar-refractivity contribution in [3.8, 4) is 0 Å². The number of likely N-dealkylation sites (tertiary alicyclic amines) is 1. The van der Waals surface area contributed by atoms with Crippen molar-refractivity contribution in [2.45, 2.75) is 44.2 Å². The molecule has 2 rings (SSSR count). The lowest BCUT2D eigenvalue weighted by Crippen LogP contribution is -2.49. The topological polar surface area (TPSA) is 82.1 Å². The number of hydrogen-bond donors (Lipinski definition) is 2. The molecule has 0 bridgehead atoms. The molecule has 0 spiro atoms. The Balaban J connectivity index is 1.75. The third-order valence-electron chi connectivity index (χ3n) is 4.72. The Morgan fingerprint density at radius 3 is 2.55 bits per heavy atom. The van der Waals surface area contributed by atoms with E-state index in [4.69, 9.17) is 4.74 Å². The number of piperidine rings is 2. The van der Waals surface area contributed by atoms with Crippen molar-refractivity contribution in [3.63, 3.8) is 0 Å². The number of nitrogens with zero attached hydrogens (tertiary/aromatic N) is 2. The second-order valence-corrected chi connectivity index (χ2v) is 7.86. The van der Waals surface area contributed by atoms with Gasteiger partial charge in [-0.15, -0.1) is 0 Å². The molecule has 2 N–H and O–H groups in total. The van der Waals surface area contributed by atoms with Crippen LogP contribution < -0.4 is 4.72 Å². The van der Waals surface area contributed by atoms with Crippen molar-refractivity contribution in [2.24, 2.45) is 0 Å². The highest BCUT2D eigenvalue weighted by Crippen LogP contribution is 2.17. The van der Waals surface area contributed by atoms with E-state index in [9.17, 15) is 13.5 Å². The van der Waals surface area contributed by atoms with Crippen LogP contribution >= 0.6 is 0 Å². The van der Waals surface area contributed by atoms with Gasteiger partial charge in [-0.3, -0.25) is 4.90 Å². The molecule has 0 radical (unpaired) electrons. The van der Waals surface area contributed by atoms with E-state index in [1.807, 2.05) is 0 Å². The zero-order valence-corrected chi connectivity index (χ0v) is 14.2. The Morgan fingerprint density at radius 1 is 1.18 bits per heavy atom. The SMILES string of the molecule is COC1CCN(S(=O)(=O)NCCN2CCCCC2CO)CC1. The predicted octanol–water partition coefficient (Wildman–Crippen LogP) is -0.222. The van der Waals surface area contributed by atoms with Crippen LogP contribution in [0.4, 0.5) is 0 Å². The minimum atomic E-state index is -3.40. The molecule has 130 valence electrons. The smallest absolute Gasteiger partial charge is 0.279 e. The van der Waals surface area contributed by atoms with Crippen LogP contribution in [0.25, 0.3) is 0 Å². The first-order valence-electron chi connectivity index (χ1n) is 8.19. The minimum absolute atomic E-state index is 0.150. The van der Waals surface area contributed by atoms with E-state index in [0.717, 1.165) is 38.6 Å². The summed E-state index contributed by atoms with van der Waals surface area (Å²) in [5.74, 6) is 0. The first-order valence-corrected chi connectivity index (χ1v) is 9.63. The molecule has 2 fully saturated rings. The molecular formula is C14H29N3O4S. The van der Waals surface area contributed by atoms with E-state index in [-0.39, 0.29) is 18.8 Å². The van der Waals surface area contributed by atoms with E-state index in [1.54, 1.807) is 7.11 Å². The molecule has 0 saturated carbocycles. The summed E-state index contributed by atoms with van der Waals surface area (Å²) in [7, 11) is -1.73. The van der Waals surface area contributed by atoms with Crippen molar-refractivity contribution in [3.05, 3.63) is 0 Å². The van der Waals surface area contributed by atoms with Gasteiger partial charge < -0.3 is 9.84 Å². The molecule has 2 aliphatic heterocycles. The van der Waals surface area contributed by atoms with Crippen LogP contribution in [-0.2, 0) is 14.9 Å². The number of aliphatic hydroxyl groups excluding tert-OH is 1. The average molecular weight is 335 g/mol. The molecule has 8 heteroatoms. The Kier molecular flexibility index (Phi) is 7.04. The van der Waals surface area contributed by atoms with Crippen LogP contribution in [0.5, 0.6) is 0 Å². The Morgan fingerprint density at radius 2 is 1.91 bits per heavy atom. The summed E-state index contributed by atoms with van der Waals surface area (Å²) < 4.78 is 34.0. The fraction of sp³-hybridized carbons (Fsp3) is 1.00. The summed E-state index contributed by atoms with van der Waals surface area (Å²) in [4.78, 5) is 2.18. The lowest BCUT2D eigenvalue weighted by atomic mass is 10.0. The van der Waals surface area contributed by atoms with Crippen molar-refractivity contribution in [2.75, 3.05) is 46.4 Å². The van der Waals surface area contributed by atoms with Crippen LogP contribution in [0.15, 0.2) is 0 Å². The van der Waals surface area contributed by atoms with Gasteiger partial charge in [-0.2, -0.15) is 12.7 Å². The van der Waals surface area contributed by atoms with Crippen molar-refractivity contribution in [1.29, 1.82) is 0 Å². The van der Waals surface area contributed by atoms with Gasteiger partial charge in [0.25, 0.3) is 10.2 Å². The van der Waals surface area contributed by atoms with E-state index in [0.29, 0.717) is 26.2 Å². The monoisotopic (exact) mass is 335 g/mol. The number of aliphatic hydroxyl groups is 1. The number of methoxy groups -OCH3 is 1. The molecule has 2 heterocycles. The molecule has 0 aromatic rings. The molecule has 0 amide bonds. The zero-order chi connectivity index (χ0) is 16.0. The van der Waals surface area contributed by atoms with Gasteiger partial charge in [0, 0.05) is 39.3 Å². The van der Waals surface area contributed by atoms with Crippen LogP contribution in [0, 0.1) is 0 Å². The lowest BCUT2D eigenvalue weighted by molar-refractivity contribution is 0.0601. The normalized spacial score (nSPS) is 26.4. The van der Waals surface area contributed by atoms with Crippen molar-refractivity contribution >= 4 is 10.2 Å². The van der Waals surface area contributed by atoms with E-state index in [2.05, 4.69) is 9.62 Å². The first kappa shape index (κ1) is 18.1. The summed E-state index contributed by atoms with van der Waals surface area (Å²) in [5.41, 5.74) is 0. The molecule has 7 nitrogen and oxygen atoms in total. The highest BCUT2D eigenvalue weighted by atomic mass is 32.2. The van der Waals surface area contributed by atoms with Gasteiger partial charge >= 0.3 is 0 Å². The summed E-state index contributed by atoms with van der Waals surface area (Å²) >= 11 is 0. The second-order valence-electron chi connectivity index (χ2n) is 6.10. The standard InChI is InChI=1S/C14H29N3O4S/c1-21-14-5-9-17(10-6-14)22(19,20)15-7-11-16-8-3-2-4-13(16)12-18/h13-15,18H,2-12H2,1H3. The first-order chi connectivity index (χ1) is 10.6. The fourth-order valence-corrected chi connectivity index (χ4v) is 4.50. The fourth-order valence-electron chi connectivity index (χ4n) is 3.28. The highest BCUT2D eigenvalue weighted by Gasteiger charge is 2.28. The number of rotatable bonds is 7. The quantitative estimate of drug-likeness (QED) is 0.672. The summed E-state index contributed by atoms with van der Waals surface area (Å²) in [6.45, 7) is 3.15. The van der Waals surface area contributed by atoms with Gasteiger partial charge in [0.1, 0.15) is 0 Å². The Bertz CT molecular complexity index is 424. The van der Waals surface area contributed by atoms with Gasteiger partial charge in [0.2, 0.25) is 0 Å². The third-order valence-corrected chi connectivity index (χ3v) is 6.33. The van der Waals surface area contributed by atoms with Crippen LogP contribution in [0.2, 0.25) is 0 Å². The molecular weight excluding hydrogens is 306 g/mol. The maximum absolute atomic E-state index is 12.3. The van der Waals surface area contributed by atoms with Crippen LogP contribution in [0.1, 0.15) is 32.1 Å². The Hall–Kier alpha value is -0.250. The number of ether oxygens (including phenoxy) is 1. The highest BCUT2D eigenvalue weighted by molar-refractivity contribution is 7.87. The number of hydrogen-bond acceptors (Lipinski definition) is 5. The summed E-state index contributed by atoms with van der Waals surface area (Å²) in [6, 6.07) is 0.177. The van der Waals surface area contributed by atoms with Crippen LogP contribution in [-0.4, -0.2) is 81.3 Å². The molecule has 2 aliphatic rings. The van der Waals surface area contributed by atoms with E-state index in [1.165, 1.54) is 4.31 Å². The third kappa shape index (κ3) is 4.87. The van der Waals surface area contributed by atoms with Gasteiger partial charge in [0.05, 0.1) is 12.7 Å². The predicted molar refractivity (Wildman–Crippen MR) is 84.8 cm³/mol. The van der Waals surface area contributed by atoms with E-state index >= 15 is 0 Å². The van der Waals surface area contributed by atoms with Gasteiger partial charge in [0.15, 0.2) is 0 Å². The molecule has 2 saturated heterocycles. The maximum Gasteiger partial charge on any atom is 0.279 e. The molecule has 22 heavy (non-hydrogen) atoms.